The van der Waals surface area contributed by atoms with E-state index < -0.39 is 83.7 Å². The Morgan fingerprint density at radius 1 is 0.930 bits per heavy atom. The van der Waals surface area contributed by atoms with Crippen molar-refractivity contribution in [1.82, 2.24) is 4.90 Å². The summed E-state index contributed by atoms with van der Waals surface area (Å²) >= 11 is 0. The zero-order valence-corrected chi connectivity index (χ0v) is 35.8. The first-order valence-corrected chi connectivity index (χ1v) is 21.4. The standard InChI is InChI=1S/C44H71NO12/c1-10-31-18-25(2)17-26(3)19-37(53-8)40-38(54-9)21-28(5)44(51,57-40)43(24-55-43)42(50)45-16-12-11-13-32(45)41(49)56-39(29(6)34(47)23-35(31)48)27(4)20-30-14-15-33(46)36(22-30)52-7/h18,20,26,28-34,36-40,46-47,51H,10-17,19,21-24H2,1-9H3/b25-18+,27-20+/t26-,28+,29+,30-,31+,32-,33+,34-,36+,37?,38-,39+,40+,43+,44+/m0/s1. The van der Waals surface area contributed by atoms with Crippen molar-refractivity contribution in [2.75, 3.05) is 34.5 Å². The number of ketones is 1. The lowest BCUT2D eigenvalue weighted by atomic mass is 9.78. The average Bonchev–Trinajstić information content (AvgIpc) is 4.01. The molecule has 0 aromatic rings. The maximum atomic E-state index is 14.8. The zero-order chi connectivity index (χ0) is 41.8. The molecule has 1 saturated carbocycles. The molecule has 13 nitrogen and oxygen atoms in total. The molecule has 5 aliphatic rings. The quantitative estimate of drug-likeness (QED) is 0.193. The molecule has 0 radical (unpaired) electrons. The minimum atomic E-state index is -2.03. The fraction of sp³-hybridized carbons (Fsp3) is 0.841. The van der Waals surface area contributed by atoms with Gasteiger partial charge >= 0.3 is 5.97 Å². The molecule has 15 atom stereocenters. The number of carbonyl (C=O) groups excluding carboxylic acids is 3. The normalized spacial score (nSPS) is 44.4. The Balaban J connectivity index is 1.54. The molecular formula is C44H71NO12. The van der Waals surface area contributed by atoms with Gasteiger partial charge in [0, 0.05) is 52.0 Å². The first-order valence-electron chi connectivity index (χ1n) is 21.4. The van der Waals surface area contributed by atoms with Crippen molar-refractivity contribution in [3.8, 4) is 0 Å². The van der Waals surface area contributed by atoms with Gasteiger partial charge in [-0.15, -0.1) is 0 Å². The van der Waals surface area contributed by atoms with Crippen molar-refractivity contribution < 1.29 is 58.1 Å². The fourth-order valence-electron chi connectivity index (χ4n) is 10.1. The molecule has 4 aliphatic heterocycles. The number of rotatable bonds is 6. The summed E-state index contributed by atoms with van der Waals surface area (Å²) in [6.45, 7) is 11.7. The molecule has 4 heterocycles. The van der Waals surface area contributed by atoms with E-state index in [2.05, 4.69) is 6.92 Å². The highest BCUT2D eigenvalue weighted by Gasteiger charge is 2.73. The van der Waals surface area contributed by atoms with Crippen LogP contribution in [0.25, 0.3) is 0 Å². The van der Waals surface area contributed by atoms with E-state index in [0.29, 0.717) is 64.2 Å². The largest absolute Gasteiger partial charge is 0.456 e. The number of nitrogens with zero attached hydrogens (tertiary/aromatic N) is 1. The maximum absolute atomic E-state index is 14.8. The van der Waals surface area contributed by atoms with Crippen LogP contribution in [0.4, 0.5) is 0 Å². The Morgan fingerprint density at radius 2 is 1.60 bits per heavy atom. The van der Waals surface area contributed by atoms with Gasteiger partial charge in [0.2, 0.25) is 11.4 Å². The van der Waals surface area contributed by atoms with Gasteiger partial charge < -0.3 is 48.6 Å². The molecule has 3 saturated heterocycles. The van der Waals surface area contributed by atoms with Gasteiger partial charge in [0.25, 0.3) is 5.91 Å². The molecule has 57 heavy (non-hydrogen) atoms. The molecule has 1 unspecified atom stereocenters. The van der Waals surface area contributed by atoms with E-state index in [-0.39, 0.29) is 43.3 Å². The maximum Gasteiger partial charge on any atom is 0.329 e. The van der Waals surface area contributed by atoms with Crippen molar-refractivity contribution in [3.63, 3.8) is 0 Å². The number of amides is 1. The molecule has 1 spiro atoms. The number of ether oxygens (including phenoxy) is 6. The minimum Gasteiger partial charge on any atom is -0.456 e. The van der Waals surface area contributed by atoms with Crippen molar-refractivity contribution in [2.24, 2.45) is 29.6 Å². The molecule has 13 heteroatoms. The number of allylic oxidation sites excluding steroid dienone is 3. The summed E-state index contributed by atoms with van der Waals surface area (Å²) in [7, 11) is 4.79. The van der Waals surface area contributed by atoms with Crippen LogP contribution in [0.5, 0.6) is 0 Å². The van der Waals surface area contributed by atoms with Gasteiger partial charge in [-0.3, -0.25) is 9.59 Å². The van der Waals surface area contributed by atoms with Crippen molar-refractivity contribution in [3.05, 3.63) is 23.3 Å². The Morgan fingerprint density at radius 3 is 2.23 bits per heavy atom. The van der Waals surface area contributed by atoms with Crippen molar-refractivity contribution in [1.29, 1.82) is 0 Å². The average molecular weight is 806 g/mol. The summed E-state index contributed by atoms with van der Waals surface area (Å²) in [5.41, 5.74) is 0.0162. The second kappa shape index (κ2) is 19.4. The van der Waals surface area contributed by atoms with Crippen LogP contribution >= 0.6 is 0 Å². The summed E-state index contributed by atoms with van der Waals surface area (Å²) < 4.78 is 36.5. The van der Waals surface area contributed by atoms with E-state index >= 15 is 0 Å². The molecule has 0 aromatic carbocycles. The third kappa shape index (κ3) is 9.88. The van der Waals surface area contributed by atoms with E-state index in [1.165, 1.54) is 4.90 Å². The Hall–Kier alpha value is -2.23. The number of fused-ring (bicyclic) bond motifs is 4. The lowest BCUT2D eigenvalue weighted by Crippen LogP contribution is -2.68. The number of aliphatic hydroxyl groups is 3. The number of piperidine rings is 1. The second-order valence-electron chi connectivity index (χ2n) is 17.9. The summed E-state index contributed by atoms with van der Waals surface area (Å²) in [6, 6.07) is -0.972. The van der Waals surface area contributed by atoms with Gasteiger partial charge in [0.05, 0.1) is 37.1 Å². The third-order valence-corrected chi connectivity index (χ3v) is 13.7. The lowest BCUT2D eigenvalue weighted by molar-refractivity contribution is -0.340. The molecule has 0 aromatic heterocycles. The van der Waals surface area contributed by atoms with E-state index in [0.717, 1.165) is 11.1 Å². The second-order valence-corrected chi connectivity index (χ2v) is 17.9. The van der Waals surface area contributed by atoms with Crippen LogP contribution in [0, 0.1) is 29.6 Å². The first kappa shape index (κ1) is 45.8. The van der Waals surface area contributed by atoms with Crippen LogP contribution < -0.4 is 0 Å². The highest BCUT2D eigenvalue weighted by atomic mass is 16.7. The number of hydrogen-bond donors (Lipinski definition) is 3. The van der Waals surface area contributed by atoms with Crippen LogP contribution in [0.3, 0.4) is 0 Å². The van der Waals surface area contributed by atoms with E-state index in [1.54, 1.807) is 28.3 Å². The predicted molar refractivity (Wildman–Crippen MR) is 212 cm³/mol. The number of hydrogen-bond acceptors (Lipinski definition) is 12. The SMILES string of the molecule is CC[C@@H]1/C=C(\C)C[C@H](C)CC(OC)[C@H]2O[C@](O)([C@H](C)C[C@@H]2OC)[C@@]2(CO2)C(=O)N2CCCC[C@H]2C(=O)O[C@H](/C(C)=C/[C@@H]2CC[C@@H](O)[C@H](OC)C2)[C@H](C)[C@@H](O)CC1=O. The molecular weight excluding hydrogens is 734 g/mol. The number of Topliss-reactive ketones (excluding diaryl/α,β-unsaturated/α-hetero) is 1. The topological polar surface area (TPSA) is 174 Å². The van der Waals surface area contributed by atoms with Gasteiger partial charge in [0.1, 0.15) is 24.0 Å². The lowest BCUT2D eigenvalue weighted by Gasteiger charge is -2.50. The Labute approximate surface area is 339 Å². The van der Waals surface area contributed by atoms with Crippen LogP contribution in [0.15, 0.2) is 23.3 Å². The van der Waals surface area contributed by atoms with E-state index in [9.17, 15) is 29.7 Å². The number of epoxide rings is 1. The third-order valence-electron chi connectivity index (χ3n) is 13.7. The monoisotopic (exact) mass is 805 g/mol. The van der Waals surface area contributed by atoms with Gasteiger partial charge in [-0.25, -0.2) is 4.79 Å². The van der Waals surface area contributed by atoms with Crippen LogP contribution in [-0.4, -0.2) is 133 Å². The molecule has 3 N–H and O–H groups in total. The summed E-state index contributed by atoms with van der Waals surface area (Å²) in [4.78, 5) is 44.6. The Kier molecular flexibility index (Phi) is 15.6. The molecule has 1 aliphatic carbocycles. The fourth-order valence-corrected chi connectivity index (χ4v) is 10.1. The Bertz CT molecular complexity index is 1460. The first-order chi connectivity index (χ1) is 27.0. The molecule has 5 rings (SSSR count). The smallest absolute Gasteiger partial charge is 0.329 e. The van der Waals surface area contributed by atoms with Crippen LogP contribution in [0.1, 0.15) is 112 Å². The number of aliphatic hydroxyl groups excluding tert-OH is 2. The van der Waals surface area contributed by atoms with Gasteiger partial charge in [0.15, 0.2) is 0 Å². The van der Waals surface area contributed by atoms with E-state index in [1.807, 2.05) is 39.8 Å². The summed E-state index contributed by atoms with van der Waals surface area (Å²) in [5, 5.41) is 34.7. The zero-order valence-electron chi connectivity index (χ0n) is 35.8. The van der Waals surface area contributed by atoms with Crippen molar-refractivity contribution >= 4 is 17.7 Å². The molecule has 1 amide bonds. The number of carbonyl (C=O) groups is 3. The molecule has 2 bridgehead atoms. The highest BCUT2D eigenvalue weighted by Crippen LogP contribution is 2.51. The minimum absolute atomic E-state index is 0.0326. The number of esters is 1. The van der Waals surface area contributed by atoms with Gasteiger partial charge in [-0.05, 0) is 95.5 Å². The predicted octanol–water partition coefficient (Wildman–Crippen LogP) is 4.67. The highest BCUT2D eigenvalue weighted by molar-refractivity contribution is 5.93. The van der Waals surface area contributed by atoms with E-state index in [4.69, 9.17) is 28.4 Å². The molecule has 4 fully saturated rings. The number of methoxy groups -OCH3 is 3. The van der Waals surface area contributed by atoms with Crippen molar-refractivity contribution in [2.45, 2.75) is 172 Å². The van der Waals surface area contributed by atoms with Gasteiger partial charge in [-0.2, -0.15) is 0 Å². The summed E-state index contributed by atoms with van der Waals surface area (Å²) in [5.74, 6) is -4.79. The van der Waals surface area contributed by atoms with Crippen LogP contribution in [0.2, 0.25) is 0 Å². The number of cyclic esters (lactones) is 1. The summed E-state index contributed by atoms with van der Waals surface area (Å²) in [6.07, 6.45) is 5.07. The van der Waals surface area contributed by atoms with Gasteiger partial charge in [-0.1, -0.05) is 45.4 Å². The van der Waals surface area contributed by atoms with Crippen LogP contribution in [-0.2, 0) is 42.8 Å². The molecule has 324 valence electrons.